The molecular weight excluding hydrogens is 465 g/mol. The van der Waals surface area contributed by atoms with Gasteiger partial charge < -0.3 is 30.7 Å². The van der Waals surface area contributed by atoms with Gasteiger partial charge in [0.05, 0.1) is 34.7 Å². The van der Waals surface area contributed by atoms with E-state index in [0.29, 0.717) is 55.1 Å². The molecule has 0 unspecified atom stereocenters. The smallest absolute Gasteiger partial charge is 0.252 e. The number of piperazine rings is 1. The Morgan fingerprint density at radius 2 is 1.94 bits per heavy atom. The van der Waals surface area contributed by atoms with Crippen molar-refractivity contribution in [3.8, 4) is 5.75 Å². The maximum Gasteiger partial charge on any atom is 0.252 e. The molecule has 0 saturated carbocycles. The molecule has 1 aliphatic rings. The second-order valence-corrected chi connectivity index (χ2v) is 8.78. The number of ether oxygens (including phenoxy) is 1. The highest BCUT2D eigenvalue weighted by Crippen LogP contribution is 2.38. The van der Waals surface area contributed by atoms with E-state index in [2.05, 4.69) is 15.2 Å². The number of hydrogen-bond donors (Lipinski definition) is 3. The number of aryl methyl sites for hydroxylation is 1. The van der Waals surface area contributed by atoms with Crippen LogP contribution in [0.1, 0.15) is 29.8 Å². The summed E-state index contributed by atoms with van der Waals surface area (Å²) in [5, 5.41) is 13.3. The van der Waals surface area contributed by atoms with Crippen molar-refractivity contribution in [2.45, 2.75) is 26.9 Å². The summed E-state index contributed by atoms with van der Waals surface area (Å²) in [6.07, 6.45) is 0.319. The van der Waals surface area contributed by atoms with Crippen LogP contribution in [0.4, 0.5) is 21.5 Å². The third-order valence-corrected chi connectivity index (χ3v) is 6.19. The normalized spacial score (nSPS) is 14.6. The fraction of sp³-hybridized carbons (Fsp3) is 0.346. The van der Waals surface area contributed by atoms with Crippen LogP contribution in [-0.4, -0.2) is 65.7 Å². The summed E-state index contributed by atoms with van der Waals surface area (Å²) in [6, 6.07) is 8.41. The van der Waals surface area contributed by atoms with Gasteiger partial charge in [0.1, 0.15) is 17.7 Å². The van der Waals surface area contributed by atoms with Crippen molar-refractivity contribution in [2.75, 3.05) is 43.0 Å². The topological polar surface area (TPSA) is 121 Å². The van der Waals surface area contributed by atoms with Crippen molar-refractivity contribution >= 4 is 39.8 Å². The summed E-state index contributed by atoms with van der Waals surface area (Å²) in [5.74, 6) is -0.854. The average Bonchev–Trinajstić information content (AvgIpc) is 2.85. The van der Waals surface area contributed by atoms with Gasteiger partial charge in [-0.05, 0) is 44.5 Å². The molecule has 36 heavy (non-hydrogen) atoms. The first-order chi connectivity index (χ1) is 17.2. The third kappa shape index (κ3) is 5.03. The first-order valence-electron chi connectivity index (χ1n) is 11.8. The number of carbonyl (C=O) groups is 2. The van der Waals surface area contributed by atoms with Gasteiger partial charge in [0.25, 0.3) is 11.8 Å². The van der Waals surface area contributed by atoms with Crippen molar-refractivity contribution in [3.63, 3.8) is 0 Å². The molecule has 2 amide bonds. The first-order valence-corrected chi connectivity index (χ1v) is 11.8. The lowest BCUT2D eigenvalue weighted by atomic mass is 10.1. The lowest BCUT2D eigenvalue weighted by Crippen LogP contribution is -2.51. The molecule has 9 nitrogen and oxygen atoms in total. The lowest BCUT2D eigenvalue weighted by molar-refractivity contribution is -0.139. The minimum Gasteiger partial charge on any atom is -0.492 e. The zero-order valence-corrected chi connectivity index (χ0v) is 20.5. The van der Waals surface area contributed by atoms with E-state index in [1.54, 1.807) is 30.0 Å². The zero-order valence-electron chi connectivity index (χ0n) is 20.5. The summed E-state index contributed by atoms with van der Waals surface area (Å²) in [7, 11) is 0. The molecule has 3 aromatic rings. The minimum absolute atomic E-state index is 0.130. The Labute approximate surface area is 208 Å². The number of primary amides is 1. The zero-order chi connectivity index (χ0) is 26.0. The highest BCUT2D eigenvalue weighted by atomic mass is 19.1. The molecule has 1 fully saturated rings. The number of rotatable bonds is 7. The molecule has 0 bridgehead atoms. The summed E-state index contributed by atoms with van der Waals surface area (Å²) < 4.78 is 20.6. The number of aliphatic hydroxyl groups excluding tert-OH is 1. The Bertz CT molecular complexity index is 1310. The van der Waals surface area contributed by atoms with E-state index in [4.69, 9.17) is 10.5 Å². The second-order valence-electron chi connectivity index (χ2n) is 8.78. The van der Waals surface area contributed by atoms with E-state index in [1.165, 1.54) is 19.2 Å². The number of pyridine rings is 1. The number of nitrogens with two attached hydrogens (primary N) is 1. The molecule has 1 atom stereocenters. The SMILES string of the molecule is CCOc1cc2ncc(C(N)=O)c(Nc3ccc(C)cc3F)c2cc1N1CCN(C(=O)[C@H](C)O)CC1. The van der Waals surface area contributed by atoms with Crippen LogP contribution >= 0.6 is 0 Å². The molecule has 1 saturated heterocycles. The molecule has 4 N–H and O–H groups in total. The van der Waals surface area contributed by atoms with Crippen LogP contribution in [0, 0.1) is 12.7 Å². The fourth-order valence-corrected chi connectivity index (χ4v) is 4.34. The maximum absolute atomic E-state index is 14.7. The van der Waals surface area contributed by atoms with E-state index in [9.17, 15) is 19.1 Å². The van der Waals surface area contributed by atoms with Crippen LogP contribution in [0.2, 0.25) is 0 Å². The maximum atomic E-state index is 14.7. The van der Waals surface area contributed by atoms with Crippen LogP contribution in [0.5, 0.6) is 5.75 Å². The molecule has 2 aromatic carbocycles. The molecular formula is C26H30FN5O4. The van der Waals surface area contributed by atoms with E-state index < -0.39 is 17.8 Å². The van der Waals surface area contributed by atoms with E-state index in [0.717, 1.165) is 11.3 Å². The number of hydrogen-bond acceptors (Lipinski definition) is 7. The number of amides is 2. The van der Waals surface area contributed by atoms with Crippen LogP contribution in [0.25, 0.3) is 10.9 Å². The lowest BCUT2D eigenvalue weighted by Gasteiger charge is -2.37. The van der Waals surface area contributed by atoms with Crippen molar-refractivity contribution in [3.05, 3.63) is 53.5 Å². The first kappa shape index (κ1) is 25.2. The van der Waals surface area contributed by atoms with Gasteiger partial charge in [0.2, 0.25) is 0 Å². The van der Waals surface area contributed by atoms with Crippen molar-refractivity contribution in [1.29, 1.82) is 0 Å². The average molecular weight is 496 g/mol. The number of nitrogens with zero attached hydrogens (tertiary/aromatic N) is 3. The van der Waals surface area contributed by atoms with Crippen LogP contribution < -0.4 is 20.7 Å². The molecule has 0 radical (unpaired) electrons. The Hall–Kier alpha value is -3.92. The van der Waals surface area contributed by atoms with Gasteiger partial charge in [0.15, 0.2) is 0 Å². The van der Waals surface area contributed by atoms with E-state index in [-0.39, 0.29) is 17.2 Å². The number of nitrogens with one attached hydrogen (secondary N) is 1. The molecule has 10 heteroatoms. The number of halogens is 1. The number of benzene rings is 2. The van der Waals surface area contributed by atoms with Gasteiger partial charge in [-0.2, -0.15) is 0 Å². The summed E-state index contributed by atoms with van der Waals surface area (Å²) in [5.41, 5.74) is 8.39. The summed E-state index contributed by atoms with van der Waals surface area (Å²) in [4.78, 5) is 32.6. The Balaban J connectivity index is 1.79. The number of aromatic nitrogens is 1. The van der Waals surface area contributed by atoms with Crippen molar-refractivity contribution in [1.82, 2.24) is 9.88 Å². The molecule has 1 aliphatic heterocycles. The van der Waals surface area contributed by atoms with Gasteiger partial charge in [-0.15, -0.1) is 0 Å². The predicted octanol–water partition coefficient (Wildman–Crippen LogP) is 2.95. The second kappa shape index (κ2) is 10.4. The molecule has 4 rings (SSSR count). The Morgan fingerprint density at radius 1 is 1.22 bits per heavy atom. The van der Waals surface area contributed by atoms with Gasteiger partial charge >= 0.3 is 0 Å². The molecule has 190 valence electrons. The van der Waals surface area contributed by atoms with Crippen LogP contribution in [0.15, 0.2) is 36.5 Å². The molecule has 0 spiro atoms. The van der Waals surface area contributed by atoms with Crippen molar-refractivity contribution in [2.24, 2.45) is 5.73 Å². The van der Waals surface area contributed by atoms with Crippen LogP contribution in [-0.2, 0) is 4.79 Å². The number of carbonyl (C=O) groups excluding carboxylic acids is 2. The molecule has 0 aliphatic carbocycles. The number of fused-ring (bicyclic) bond motifs is 1. The van der Waals surface area contributed by atoms with Gasteiger partial charge in [-0.3, -0.25) is 14.6 Å². The largest absolute Gasteiger partial charge is 0.492 e. The Kier molecular flexibility index (Phi) is 7.25. The summed E-state index contributed by atoms with van der Waals surface area (Å²) >= 11 is 0. The van der Waals surface area contributed by atoms with Gasteiger partial charge in [-0.25, -0.2) is 4.39 Å². The third-order valence-electron chi connectivity index (χ3n) is 6.19. The van der Waals surface area contributed by atoms with E-state index >= 15 is 0 Å². The molecule has 1 aromatic heterocycles. The molecule has 2 heterocycles. The van der Waals surface area contributed by atoms with Crippen molar-refractivity contribution < 1.29 is 23.8 Å². The van der Waals surface area contributed by atoms with E-state index in [1.807, 2.05) is 13.0 Å². The fourth-order valence-electron chi connectivity index (χ4n) is 4.34. The number of aliphatic hydroxyl groups is 1. The quantitative estimate of drug-likeness (QED) is 0.461. The predicted molar refractivity (Wildman–Crippen MR) is 136 cm³/mol. The van der Waals surface area contributed by atoms with Crippen LogP contribution in [0.3, 0.4) is 0 Å². The highest BCUT2D eigenvalue weighted by molar-refractivity contribution is 6.08. The monoisotopic (exact) mass is 495 g/mol. The summed E-state index contributed by atoms with van der Waals surface area (Å²) in [6.45, 7) is 7.46. The highest BCUT2D eigenvalue weighted by Gasteiger charge is 2.26. The minimum atomic E-state index is -1.05. The Morgan fingerprint density at radius 3 is 2.56 bits per heavy atom. The standard InChI is InChI=1S/C26H30FN5O4/c1-4-36-23-13-21-17(12-22(23)31-7-9-32(10-8-31)26(35)16(3)33)24(18(14-29-21)25(28)34)30-20-6-5-15(2)11-19(20)27/h5-6,11-14,16,33H,4,7-10H2,1-3H3,(H2,28,34)(H,29,30)/t16-/m0/s1. The van der Waals surface area contributed by atoms with Gasteiger partial charge in [0, 0.05) is 43.8 Å². The number of anilines is 3. The van der Waals surface area contributed by atoms with Gasteiger partial charge in [-0.1, -0.05) is 6.07 Å².